The maximum absolute atomic E-state index is 13.3. The van der Waals surface area contributed by atoms with Crippen molar-refractivity contribution in [3.63, 3.8) is 0 Å². The van der Waals surface area contributed by atoms with E-state index in [1.807, 2.05) is 11.2 Å². The monoisotopic (exact) mass is 354 g/mol. The van der Waals surface area contributed by atoms with Crippen LogP contribution in [0.4, 0.5) is 19.0 Å². The minimum Gasteiger partial charge on any atom is -0.353 e. The number of hydrogen-bond donors (Lipinski definition) is 0. The molecule has 1 aliphatic heterocycles. The van der Waals surface area contributed by atoms with Gasteiger partial charge in [0.2, 0.25) is 0 Å². The normalized spacial score (nSPS) is 18.2. The van der Waals surface area contributed by atoms with Gasteiger partial charge in [-0.15, -0.1) is 0 Å². The molecular weight excluding hydrogens is 337 g/mol. The van der Waals surface area contributed by atoms with E-state index >= 15 is 0 Å². The molecule has 0 saturated carbocycles. The van der Waals surface area contributed by atoms with E-state index in [4.69, 9.17) is 0 Å². The number of nitrogens with zero attached hydrogens (tertiary/aromatic N) is 4. The largest absolute Gasteiger partial charge is 0.433 e. The Hall–Kier alpha value is -1.83. The van der Waals surface area contributed by atoms with Crippen LogP contribution >= 0.6 is 11.8 Å². The summed E-state index contributed by atoms with van der Waals surface area (Å²) in [6.45, 7) is 0.710. The summed E-state index contributed by atoms with van der Waals surface area (Å²) in [5.74, 6) is 1.20. The quantitative estimate of drug-likeness (QED) is 0.833. The van der Waals surface area contributed by atoms with E-state index in [1.165, 1.54) is 6.20 Å². The summed E-state index contributed by atoms with van der Waals surface area (Å²) < 4.78 is 39.8. The molecule has 0 aromatic carbocycles. The summed E-state index contributed by atoms with van der Waals surface area (Å²) in [5, 5.41) is 0. The molecule has 0 bridgehead atoms. The first kappa shape index (κ1) is 17.0. The summed E-state index contributed by atoms with van der Waals surface area (Å²) in [6.07, 6.45) is 0.915. The van der Waals surface area contributed by atoms with Crippen molar-refractivity contribution in [1.82, 2.24) is 15.0 Å². The van der Waals surface area contributed by atoms with Gasteiger partial charge in [-0.05, 0) is 31.2 Å². The van der Waals surface area contributed by atoms with Gasteiger partial charge >= 0.3 is 6.18 Å². The lowest BCUT2D eigenvalue weighted by Crippen LogP contribution is -2.32. The van der Waals surface area contributed by atoms with Gasteiger partial charge in [-0.2, -0.15) is 24.9 Å². The number of anilines is 1. The van der Waals surface area contributed by atoms with E-state index in [0.29, 0.717) is 18.1 Å². The smallest absolute Gasteiger partial charge is 0.353 e. The third kappa shape index (κ3) is 3.63. The molecule has 3 rings (SSSR count). The van der Waals surface area contributed by atoms with E-state index in [-0.39, 0.29) is 11.9 Å². The summed E-state index contributed by atoms with van der Waals surface area (Å²) in [6, 6.07) is 6.27. The number of halogens is 3. The molecule has 1 aliphatic rings. The fraction of sp³-hybridized carbons (Fsp3) is 0.438. The van der Waals surface area contributed by atoms with E-state index in [1.54, 1.807) is 30.0 Å². The third-order valence-corrected chi connectivity index (χ3v) is 4.65. The lowest BCUT2D eigenvalue weighted by Gasteiger charge is -2.26. The number of thioether (sulfide) groups is 1. The molecule has 2 aromatic rings. The molecule has 4 nitrogen and oxygen atoms in total. The number of aromatic nitrogens is 3. The van der Waals surface area contributed by atoms with Crippen molar-refractivity contribution in [2.24, 2.45) is 0 Å². The maximum atomic E-state index is 13.3. The molecule has 1 saturated heterocycles. The van der Waals surface area contributed by atoms with Gasteiger partial charge in [0, 0.05) is 30.6 Å². The van der Waals surface area contributed by atoms with Gasteiger partial charge in [0.25, 0.3) is 0 Å². The lowest BCUT2D eigenvalue weighted by molar-refractivity contribution is -0.141. The third-order valence-electron chi connectivity index (χ3n) is 3.93. The van der Waals surface area contributed by atoms with Crippen molar-refractivity contribution in [1.29, 1.82) is 0 Å². The Morgan fingerprint density at radius 1 is 1.29 bits per heavy atom. The molecule has 3 heterocycles. The van der Waals surface area contributed by atoms with Crippen molar-refractivity contribution in [3.8, 4) is 11.5 Å². The summed E-state index contributed by atoms with van der Waals surface area (Å²) >= 11 is 1.69. The Kier molecular flexibility index (Phi) is 4.93. The van der Waals surface area contributed by atoms with Crippen molar-refractivity contribution in [2.45, 2.75) is 25.1 Å². The van der Waals surface area contributed by atoms with Crippen LogP contribution in [0.15, 0.2) is 30.5 Å². The Bertz CT molecular complexity index is 693. The van der Waals surface area contributed by atoms with Crippen molar-refractivity contribution in [2.75, 3.05) is 23.5 Å². The summed E-state index contributed by atoms with van der Waals surface area (Å²) in [5.41, 5.74) is -0.589. The first-order valence-electron chi connectivity index (χ1n) is 7.62. The van der Waals surface area contributed by atoms with Crippen LogP contribution in [0.3, 0.4) is 0 Å². The van der Waals surface area contributed by atoms with Crippen LogP contribution in [0.1, 0.15) is 18.5 Å². The number of pyridine rings is 1. The Morgan fingerprint density at radius 2 is 2.12 bits per heavy atom. The van der Waals surface area contributed by atoms with Crippen molar-refractivity contribution >= 4 is 17.6 Å². The summed E-state index contributed by atoms with van der Waals surface area (Å²) in [7, 11) is 0. The highest BCUT2D eigenvalue weighted by Crippen LogP contribution is 2.33. The molecule has 8 heteroatoms. The highest BCUT2D eigenvalue weighted by atomic mass is 32.2. The predicted molar refractivity (Wildman–Crippen MR) is 89.0 cm³/mol. The zero-order valence-corrected chi connectivity index (χ0v) is 13.9. The molecule has 1 fully saturated rings. The minimum absolute atomic E-state index is 0.00947. The van der Waals surface area contributed by atoms with Crippen LogP contribution in [0, 0.1) is 0 Å². The predicted octanol–water partition coefficient (Wildman–Crippen LogP) is 3.89. The van der Waals surface area contributed by atoms with Gasteiger partial charge in [-0.3, -0.25) is 4.98 Å². The molecule has 0 radical (unpaired) electrons. The van der Waals surface area contributed by atoms with Crippen LogP contribution in [0.2, 0.25) is 0 Å². The summed E-state index contributed by atoms with van der Waals surface area (Å²) in [4.78, 5) is 14.1. The van der Waals surface area contributed by atoms with E-state index < -0.39 is 11.9 Å². The standard InChI is InChI=1S/C16H17F3N4S/c1-24-10-11-5-4-8-23(11)14-9-13(16(17,18)19)21-15(22-14)12-6-2-3-7-20-12/h2-3,6-7,9,11H,4-5,8,10H2,1H3. The molecular formula is C16H17F3N4S. The highest BCUT2D eigenvalue weighted by Gasteiger charge is 2.35. The highest BCUT2D eigenvalue weighted by molar-refractivity contribution is 7.98. The molecule has 2 aromatic heterocycles. The number of alkyl halides is 3. The topological polar surface area (TPSA) is 41.9 Å². The number of rotatable bonds is 4. The van der Waals surface area contributed by atoms with Crippen LogP contribution in [-0.2, 0) is 6.18 Å². The second-order valence-electron chi connectivity index (χ2n) is 5.59. The molecule has 0 N–H and O–H groups in total. The van der Waals surface area contributed by atoms with Crippen LogP contribution in [-0.4, -0.2) is 39.5 Å². The molecule has 128 valence electrons. The molecule has 1 atom stereocenters. The van der Waals surface area contributed by atoms with Crippen molar-refractivity contribution < 1.29 is 13.2 Å². The zero-order valence-electron chi connectivity index (χ0n) is 13.1. The van der Waals surface area contributed by atoms with Gasteiger partial charge in [-0.25, -0.2) is 9.97 Å². The van der Waals surface area contributed by atoms with E-state index in [2.05, 4.69) is 15.0 Å². The van der Waals surface area contributed by atoms with Gasteiger partial charge in [0.05, 0.1) is 0 Å². The fourth-order valence-electron chi connectivity index (χ4n) is 2.84. The van der Waals surface area contributed by atoms with Crippen molar-refractivity contribution in [3.05, 3.63) is 36.2 Å². The second kappa shape index (κ2) is 6.96. The van der Waals surface area contributed by atoms with Gasteiger partial charge in [0.15, 0.2) is 11.5 Å². The second-order valence-corrected chi connectivity index (χ2v) is 6.50. The molecule has 0 spiro atoms. The van der Waals surface area contributed by atoms with E-state index in [9.17, 15) is 13.2 Å². The number of hydrogen-bond acceptors (Lipinski definition) is 5. The average Bonchev–Trinajstić information content (AvgIpc) is 3.03. The fourth-order valence-corrected chi connectivity index (χ4v) is 3.57. The van der Waals surface area contributed by atoms with E-state index in [0.717, 1.165) is 24.7 Å². The SMILES string of the molecule is CSCC1CCCN1c1cc(C(F)(F)F)nc(-c2ccccn2)n1. The van der Waals surface area contributed by atoms with Gasteiger partial charge in [0.1, 0.15) is 11.5 Å². The molecule has 0 aliphatic carbocycles. The molecule has 24 heavy (non-hydrogen) atoms. The molecule has 1 unspecified atom stereocenters. The first-order chi connectivity index (χ1) is 11.5. The average molecular weight is 354 g/mol. The van der Waals surface area contributed by atoms with Crippen LogP contribution in [0.25, 0.3) is 11.5 Å². The Balaban J connectivity index is 2.05. The zero-order chi connectivity index (χ0) is 17.2. The Morgan fingerprint density at radius 3 is 2.79 bits per heavy atom. The van der Waals surface area contributed by atoms with Crippen LogP contribution in [0.5, 0.6) is 0 Å². The molecule has 0 amide bonds. The minimum atomic E-state index is -4.52. The lowest BCUT2D eigenvalue weighted by atomic mass is 10.2. The van der Waals surface area contributed by atoms with Gasteiger partial charge < -0.3 is 4.90 Å². The van der Waals surface area contributed by atoms with Crippen LogP contribution < -0.4 is 4.90 Å². The maximum Gasteiger partial charge on any atom is 0.433 e. The first-order valence-corrected chi connectivity index (χ1v) is 9.01. The Labute approximate surface area is 142 Å². The van der Waals surface area contributed by atoms with Gasteiger partial charge in [-0.1, -0.05) is 6.07 Å².